The van der Waals surface area contributed by atoms with E-state index in [2.05, 4.69) is 15.0 Å². The van der Waals surface area contributed by atoms with E-state index in [0.717, 1.165) is 16.6 Å². The highest BCUT2D eigenvalue weighted by Crippen LogP contribution is 2.27. The zero-order valence-corrected chi connectivity index (χ0v) is 10.6. The highest BCUT2D eigenvalue weighted by atomic mass is 35.5. The molecule has 2 aromatic heterocycles. The number of nitrogens with one attached hydrogen (secondary N) is 1. The van der Waals surface area contributed by atoms with E-state index in [-0.39, 0.29) is 0 Å². The second kappa shape index (κ2) is 4.12. The van der Waals surface area contributed by atoms with Crippen LogP contribution in [0.3, 0.4) is 0 Å². The molecule has 0 spiro atoms. The summed E-state index contributed by atoms with van der Waals surface area (Å²) in [5, 5.41) is 0.505. The standard InChI is InChI=1S/C12H12ClN5/c1-18-6-15-8-4-7(2-3-9(8)18)11-12(13)17-10(5-14)16-11/h2-4,6H,5,14H2,1H3,(H,16,17). The third-order valence-electron chi connectivity index (χ3n) is 2.90. The number of fused-ring (bicyclic) bond motifs is 1. The summed E-state index contributed by atoms with van der Waals surface area (Å²) < 4.78 is 1.97. The van der Waals surface area contributed by atoms with E-state index in [1.807, 2.05) is 29.8 Å². The molecule has 3 rings (SSSR count). The zero-order valence-electron chi connectivity index (χ0n) is 9.81. The predicted octanol–water partition coefficient (Wildman–Crippen LogP) is 2.08. The number of aromatic nitrogens is 4. The quantitative estimate of drug-likeness (QED) is 0.742. The number of nitrogens with two attached hydrogens (primary N) is 1. The first-order chi connectivity index (χ1) is 8.69. The first-order valence-electron chi connectivity index (χ1n) is 5.55. The van der Waals surface area contributed by atoms with Crippen molar-refractivity contribution in [1.82, 2.24) is 19.5 Å². The molecule has 18 heavy (non-hydrogen) atoms. The van der Waals surface area contributed by atoms with Gasteiger partial charge in [-0.05, 0) is 12.1 Å². The number of hydrogen-bond donors (Lipinski definition) is 2. The summed E-state index contributed by atoms with van der Waals surface area (Å²) >= 11 is 6.12. The SMILES string of the molecule is Cn1cnc2cc(-c3nc(CN)[nH]c3Cl)ccc21. The van der Waals surface area contributed by atoms with Crippen molar-refractivity contribution in [2.45, 2.75) is 6.54 Å². The summed E-state index contributed by atoms with van der Waals surface area (Å²) in [5.41, 5.74) is 9.17. The maximum atomic E-state index is 6.12. The average molecular weight is 262 g/mol. The van der Waals surface area contributed by atoms with Gasteiger partial charge in [-0.15, -0.1) is 0 Å². The van der Waals surface area contributed by atoms with Crippen LogP contribution in [0.1, 0.15) is 5.82 Å². The zero-order chi connectivity index (χ0) is 12.7. The van der Waals surface area contributed by atoms with E-state index in [4.69, 9.17) is 17.3 Å². The van der Waals surface area contributed by atoms with Gasteiger partial charge in [-0.2, -0.15) is 0 Å². The number of aryl methyl sites for hydroxylation is 1. The summed E-state index contributed by atoms with van der Waals surface area (Å²) in [5.74, 6) is 0.677. The predicted molar refractivity (Wildman–Crippen MR) is 71.2 cm³/mol. The van der Waals surface area contributed by atoms with E-state index in [1.165, 1.54) is 0 Å². The molecule has 0 unspecified atom stereocenters. The Morgan fingerprint density at radius 2 is 2.28 bits per heavy atom. The van der Waals surface area contributed by atoms with Crippen molar-refractivity contribution in [2.24, 2.45) is 12.8 Å². The molecule has 0 atom stereocenters. The molecular formula is C12H12ClN5. The molecular weight excluding hydrogens is 250 g/mol. The Morgan fingerprint density at radius 3 is 3.00 bits per heavy atom. The molecule has 0 bridgehead atoms. The van der Waals surface area contributed by atoms with Gasteiger partial charge >= 0.3 is 0 Å². The highest BCUT2D eigenvalue weighted by Gasteiger charge is 2.11. The van der Waals surface area contributed by atoms with Crippen LogP contribution >= 0.6 is 11.6 Å². The summed E-state index contributed by atoms with van der Waals surface area (Å²) in [7, 11) is 1.96. The average Bonchev–Trinajstić information content (AvgIpc) is 2.93. The highest BCUT2D eigenvalue weighted by molar-refractivity contribution is 6.32. The molecule has 2 heterocycles. The normalized spacial score (nSPS) is 11.3. The van der Waals surface area contributed by atoms with Gasteiger partial charge in [-0.3, -0.25) is 0 Å². The van der Waals surface area contributed by atoms with Crippen LogP contribution in [0.2, 0.25) is 5.15 Å². The molecule has 92 valence electrons. The van der Waals surface area contributed by atoms with Crippen molar-refractivity contribution in [2.75, 3.05) is 0 Å². The minimum absolute atomic E-state index is 0.339. The van der Waals surface area contributed by atoms with Gasteiger partial charge in [0.25, 0.3) is 0 Å². The molecule has 0 aliphatic rings. The topological polar surface area (TPSA) is 72.5 Å². The van der Waals surface area contributed by atoms with Crippen molar-refractivity contribution < 1.29 is 0 Å². The van der Waals surface area contributed by atoms with Gasteiger partial charge in [0.1, 0.15) is 16.7 Å². The van der Waals surface area contributed by atoms with Crippen LogP contribution in [0.5, 0.6) is 0 Å². The van der Waals surface area contributed by atoms with E-state index in [1.54, 1.807) is 6.33 Å². The number of halogens is 1. The maximum Gasteiger partial charge on any atom is 0.134 e. The fraction of sp³-hybridized carbons (Fsp3) is 0.167. The Morgan fingerprint density at radius 1 is 1.44 bits per heavy atom. The minimum atomic E-state index is 0.339. The molecule has 0 saturated heterocycles. The molecule has 3 N–H and O–H groups in total. The summed E-state index contributed by atoms with van der Waals surface area (Å²) in [6.45, 7) is 0.339. The van der Waals surface area contributed by atoms with Gasteiger partial charge in [-0.25, -0.2) is 9.97 Å². The largest absolute Gasteiger partial charge is 0.334 e. The van der Waals surface area contributed by atoms with Crippen molar-refractivity contribution in [3.05, 3.63) is 35.5 Å². The molecule has 0 saturated carbocycles. The second-order valence-corrected chi connectivity index (χ2v) is 4.49. The smallest absolute Gasteiger partial charge is 0.134 e. The maximum absolute atomic E-state index is 6.12. The molecule has 3 aromatic rings. The van der Waals surface area contributed by atoms with Crippen molar-refractivity contribution in [3.63, 3.8) is 0 Å². The Labute approximate surface area is 109 Å². The van der Waals surface area contributed by atoms with E-state index >= 15 is 0 Å². The Kier molecular flexibility index (Phi) is 2.57. The minimum Gasteiger partial charge on any atom is -0.334 e. The van der Waals surface area contributed by atoms with Gasteiger partial charge in [0, 0.05) is 12.6 Å². The van der Waals surface area contributed by atoms with Gasteiger partial charge < -0.3 is 15.3 Å². The Balaban J connectivity index is 2.15. The Hall–Kier alpha value is -1.85. The van der Waals surface area contributed by atoms with Crippen molar-refractivity contribution in [1.29, 1.82) is 0 Å². The Bertz CT molecular complexity index is 712. The lowest BCUT2D eigenvalue weighted by Crippen LogP contribution is -1.97. The number of H-pyrrole nitrogens is 1. The number of aromatic amines is 1. The van der Waals surface area contributed by atoms with Crippen LogP contribution < -0.4 is 5.73 Å². The third-order valence-corrected chi connectivity index (χ3v) is 3.17. The lowest BCUT2D eigenvalue weighted by molar-refractivity contribution is 0.947. The molecule has 1 aromatic carbocycles. The van der Waals surface area contributed by atoms with E-state index < -0.39 is 0 Å². The molecule has 5 nitrogen and oxygen atoms in total. The van der Waals surface area contributed by atoms with Crippen molar-refractivity contribution in [3.8, 4) is 11.3 Å². The summed E-state index contributed by atoms with van der Waals surface area (Å²) in [6, 6.07) is 5.95. The lowest BCUT2D eigenvalue weighted by Gasteiger charge is -1.99. The van der Waals surface area contributed by atoms with Gasteiger partial charge in [0.2, 0.25) is 0 Å². The van der Waals surface area contributed by atoms with Crippen LogP contribution in [0.25, 0.3) is 22.3 Å². The molecule has 0 radical (unpaired) electrons. The van der Waals surface area contributed by atoms with Crippen LogP contribution in [0.15, 0.2) is 24.5 Å². The number of imidazole rings is 2. The fourth-order valence-electron chi connectivity index (χ4n) is 1.97. The fourth-order valence-corrected chi connectivity index (χ4v) is 2.23. The van der Waals surface area contributed by atoms with Crippen LogP contribution in [0.4, 0.5) is 0 Å². The third kappa shape index (κ3) is 1.68. The van der Waals surface area contributed by atoms with Gasteiger partial charge in [0.05, 0.1) is 23.9 Å². The number of rotatable bonds is 2. The number of benzene rings is 1. The van der Waals surface area contributed by atoms with Crippen LogP contribution in [-0.2, 0) is 13.6 Å². The van der Waals surface area contributed by atoms with E-state index in [0.29, 0.717) is 23.2 Å². The van der Waals surface area contributed by atoms with Gasteiger partial charge in [-0.1, -0.05) is 17.7 Å². The second-order valence-electron chi connectivity index (χ2n) is 4.11. The first kappa shape index (κ1) is 11.3. The number of nitrogens with zero attached hydrogens (tertiary/aromatic N) is 3. The monoisotopic (exact) mass is 261 g/mol. The lowest BCUT2D eigenvalue weighted by atomic mass is 10.1. The van der Waals surface area contributed by atoms with Crippen LogP contribution in [-0.4, -0.2) is 19.5 Å². The summed E-state index contributed by atoms with van der Waals surface area (Å²) in [6.07, 6.45) is 1.78. The first-order valence-corrected chi connectivity index (χ1v) is 5.92. The van der Waals surface area contributed by atoms with E-state index in [9.17, 15) is 0 Å². The van der Waals surface area contributed by atoms with Gasteiger partial charge in [0.15, 0.2) is 0 Å². The molecule has 0 aliphatic carbocycles. The molecule has 0 amide bonds. The molecule has 0 aliphatic heterocycles. The summed E-state index contributed by atoms with van der Waals surface area (Å²) in [4.78, 5) is 11.6. The molecule has 0 fully saturated rings. The van der Waals surface area contributed by atoms with Crippen LogP contribution in [0, 0.1) is 0 Å². The van der Waals surface area contributed by atoms with Crippen molar-refractivity contribution >= 4 is 22.6 Å². The number of hydrogen-bond acceptors (Lipinski definition) is 3. The molecule has 6 heteroatoms.